The fourth-order valence-corrected chi connectivity index (χ4v) is 4.72. The van der Waals surface area contributed by atoms with E-state index in [1.54, 1.807) is 11.1 Å². The first kappa shape index (κ1) is 17.2. The molecule has 2 aliphatic rings. The molecule has 1 aromatic heterocycles. The predicted octanol–water partition coefficient (Wildman–Crippen LogP) is 2.48. The summed E-state index contributed by atoms with van der Waals surface area (Å²) in [5, 5.41) is 5.29. The molecule has 7 heteroatoms. The number of hydrogen-bond acceptors (Lipinski definition) is 5. The first-order valence-electron chi connectivity index (χ1n) is 8.89. The van der Waals surface area contributed by atoms with Gasteiger partial charge in [-0.1, -0.05) is 18.2 Å². The fourth-order valence-electron chi connectivity index (χ4n) is 4.17. The minimum Gasteiger partial charge on any atom is -0.314 e. The van der Waals surface area contributed by atoms with E-state index in [1.807, 2.05) is 30.6 Å². The molecule has 1 fully saturated rings. The second kappa shape index (κ2) is 6.81. The highest BCUT2D eigenvalue weighted by Crippen LogP contribution is 2.46. The smallest absolute Gasteiger partial charge is 0.238 e. The second-order valence-corrected chi connectivity index (χ2v) is 7.87. The van der Waals surface area contributed by atoms with Crippen molar-refractivity contribution < 1.29 is 9.59 Å². The Morgan fingerprint density at radius 2 is 2.23 bits per heavy atom. The van der Waals surface area contributed by atoms with Crippen LogP contribution in [0.3, 0.4) is 0 Å². The van der Waals surface area contributed by atoms with Crippen LogP contribution in [-0.4, -0.2) is 48.4 Å². The molecule has 136 valence electrons. The average Bonchev–Trinajstić information content (AvgIpc) is 3.24. The topological polar surface area (TPSA) is 65.5 Å². The number of likely N-dealkylation sites (tertiary alicyclic amines) is 1. The highest BCUT2D eigenvalue weighted by molar-refractivity contribution is 7.13. The number of carbonyl (C=O) groups is 2. The highest BCUT2D eigenvalue weighted by atomic mass is 32.1. The van der Waals surface area contributed by atoms with E-state index < -0.39 is 5.41 Å². The molecule has 0 radical (unpaired) electrons. The number of benzene rings is 1. The molecule has 1 aromatic carbocycles. The standard InChI is InChI=1S/C19H22N4O2S/c1-22-15-6-3-2-5-14(15)19(17(22)25)8-4-10-23(13-19)11-7-16(24)21-18-20-9-12-26-18/h2-3,5-6,9,12H,4,7-8,10-11,13H2,1H3,(H,20,21,24). The number of piperidine rings is 1. The maximum absolute atomic E-state index is 13.0. The molecule has 6 nitrogen and oxygen atoms in total. The predicted molar refractivity (Wildman–Crippen MR) is 103 cm³/mol. The Labute approximate surface area is 156 Å². The summed E-state index contributed by atoms with van der Waals surface area (Å²) in [6.45, 7) is 2.25. The van der Waals surface area contributed by atoms with E-state index in [0.717, 1.165) is 30.6 Å². The molecular weight excluding hydrogens is 348 g/mol. The Kier molecular flexibility index (Phi) is 4.50. The van der Waals surface area contributed by atoms with Crippen molar-refractivity contribution in [3.63, 3.8) is 0 Å². The number of rotatable bonds is 4. The largest absolute Gasteiger partial charge is 0.314 e. The highest BCUT2D eigenvalue weighted by Gasteiger charge is 2.51. The molecule has 1 atom stereocenters. The third-order valence-electron chi connectivity index (χ3n) is 5.40. The Bertz CT molecular complexity index is 823. The number of nitrogens with one attached hydrogen (secondary N) is 1. The SMILES string of the molecule is CN1C(=O)C2(CCCN(CCC(=O)Nc3nccs3)C2)c2ccccc21. The average molecular weight is 370 g/mol. The number of likely N-dealkylation sites (N-methyl/N-ethyl adjacent to an activating group) is 1. The van der Waals surface area contributed by atoms with Crippen molar-refractivity contribution >= 4 is 34.0 Å². The van der Waals surface area contributed by atoms with Gasteiger partial charge in [-0.3, -0.25) is 9.59 Å². The quantitative estimate of drug-likeness (QED) is 0.898. The third kappa shape index (κ3) is 2.91. The van der Waals surface area contributed by atoms with E-state index in [1.165, 1.54) is 11.3 Å². The third-order valence-corrected chi connectivity index (χ3v) is 6.09. The molecular formula is C19H22N4O2S. The van der Waals surface area contributed by atoms with Crippen LogP contribution in [0.2, 0.25) is 0 Å². The molecule has 2 aromatic rings. The summed E-state index contributed by atoms with van der Waals surface area (Å²) in [6, 6.07) is 8.08. The number of hydrogen-bond donors (Lipinski definition) is 1. The van der Waals surface area contributed by atoms with Gasteiger partial charge in [-0.25, -0.2) is 4.98 Å². The van der Waals surface area contributed by atoms with Crippen molar-refractivity contribution in [2.24, 2.45) is 0 Å². The van der Waals surface area contributed by atoms with Crippen molar-refractivity contribution in [1.29, 1.82) is 0 Å². The zero-order valence-electron chi connectivity index (χ0n) is 14.8. The van der Waals surface area contributed by atoms with Crippen LogP contribution in [0.25, 0.3) is 0 Å². The van der Waals surface area contributed by atoms with Gasteiger partial charge >= 0.3 is 0 Å². The first-order valence-corrected chi connectivity index (χ1v) is 9.77. The first-order chi connectivity index (χ1) is 12.6. The Balaban J connectivity index is 1.45. The number of amides is 2. The maximum Gasteiger partial charge on any atom is 0.238 e. The van der Waals surface area contributed by atoms with Gasteiger partial charge in [0.15, 0.2) is 5.13 Å². The fraction of sp³-hybridized carbons (Fsp3) is 0.421. The minimum atomic E-state index is -0.463. The number of aromatic nitrogens is 1. The molecule has 3 heterocycles. The van der Waals surface area contributed by atoms with Gasteiger partial charge in [0.05, 0.1) is 5.41 Å². The normalized spacial score (nSPS) is 22.7. The molecule has 0 saturated carbocycles. The lowest BCUT2D eigenvalue weighted by Crippen LogP contribution is -2.51. The van der Waals surface area contributed by atoms with Gasteiger partial charge < -0.3 is 15.1 Å². The van der Waals surface area contributed by atoms with Gasteiger partial charge in [0.2, 0.25) is 11.8 Å². The summed E-state index contributed by atoms with van der Waals surface area (Å²) in [7, 11) is 1.86. The summed E-state index contributed by atoms with van der Waals surface area (Å²) in [6.07, 6.45) is 3.91. The number of fused-ring (bicyclic) bond motifs is 2. The van der Waals surface area contributed by atoms with E-state index in [4.69, 9.17) is 0 Å². The van der Waals surface area contributed by atoms with Crippen molar-refractivity contribution in [3.8, 4) is 0 Å². The maximum atomic E-state index is 13.0. The molecule has 1 saturated heterocycles. The lowest BCUT2D eigenvalue weighted by molar-refractivity contribution is -0.125. The summed E-state index contributed by atoms with van der Waals surface area (Å²) in [5.41, 5.74) is 1.68. The second-order valence-electron chi connectivity index (χ2n) is 6.98. The van der Waals surface area contributed by atoms with Crippen LogP contribution in [0.1, 0.15) is 24.8 Å². The summed E-state index contributed by atoms with van der Waals surface area (Å²) >= 11 is 1.41. The van der Waals surface area contributed by atoms with Crippen molar-refractivity contribution in [3.05, 3.63) is 41.4 Å². The van der Waals surface area contributed by atoms with Gasteiger partial charge in [0.25, 0.3) is 0 Å². The van der Waals surface area contributed by atoms with E-state index >= 15 is 0 Å². The van der Waals surface area contributed by atoms with Gasteiger partial charge in [-0.2, -0.15) is 0 Å². The number of thiazole rings is 1. The zero-order valence-corrected chi connectivity index (χ0v) is 15.6. The minimum absolute atomic E-state index is 0.0326. The Morgan fingerprint density at radius 1 is 1.38 bits per heavy atom. The Morgan fingerprint density at radius 3 is 3.04 bits per heavy atom. The van der Waals surface area contributed by atoms with E-state index in [9.17, 15) is 9.59 Å². The monoisotopic (exact) mass is 370 g/mol. The molecule has 26 heavy (non-hydrogen) atoms. The van der Waals surface area contributed by atoms with E-state index in [0.29, 0.717) is 24.6 Å². The number of anilines is 2. The summed E-state index contributed by atoms with van der Waals surface area (Å²) in [4.78, 5) is 33.3. The molecule has 0 aliphatic carbocycles. The Hall–Kier alpha value is -2.25. The molecule has 1 N–H and O–H groups in total. The van der Waals surface area contributed by atoms with Crippen LogP contribution in [0.5, 0.6) is 0 Å². The van der Waals surface area contributed by atoms with Crippen molar-refractivity contribution in [2.45, 2.75) is 24.7 Å². The number of carbonyl (C=O) groups excluding carboxylic acids is 2. The lowest BCUT2D eigenvalue weighted by atomic mass is 9.75. The van der Waals surface area contributed by atoms with Gasteiger partial charge in [-0.15, -0.1) is 11.3 Å². The molecule has 0 bridgehead atoms. The molecule has 1 spiro atoms. The van der Waals surface area contributed by atoms with Crippen molar-refractivity contribution in [1.82, 2.24) is 9.88 Å². The van der Waals surface area contributed by atoms with Crippen LogP contribution in [-0.2, 0) is 15.0 Å². The zero-order chi connectivity index (χ0) is 18.1. The van der Waals surface area contributed by atoms with E-state index in [-0.39, 0.29) is 11.8 Å². The van der Waals surface area contributed by atoms with E-state index in [2.05, 4.69) is 21.3 Å². The van der Waals surface area contributed by atoms with Crippen LogP contribution in [0, 0.1) is 0 Å². The van der Waals surface area contributed by atoms with Gasteiger partial charge in [0.1, 0.15) is 0 Å². The molecule has 2 aliphatic heterocycles. The van der Waals surface area contributed by atoms with Crippen LogP contribution < -0.4 is 10.2 Å². The number of nitrogens with zero attached hydrogens (tertiary/aromatic N) is 3. The molecule has 2 amide bonds. The van der Waals surface area contributed by atoms with Crippen LogP contribution >= 0.6 is 11.3 Å². The van der Waals surface area contributed by atoms with Crippen LogP contribution in [0.15, 0.2) is 35.8 Å². The van der Waals surface area contributed by atoms with Gasteiger partial charge in [0, 0.05) is 43.8 Å². The molecule has 4 rings (SSSR count). The molecule has 1 unspecified atom stereocenters. The number of para-hydroxylation sites is 1. The van der Waals surface area contributed by atoms with Gasteiger partial charge in [-0.05, 0) is 31.0 Å². The summed E-state index contributed by atoms with van der Waals surface area (Å²) < 4.78 is 0. The van der Waals surface area contributed by atoms with Crippen molar-refractivity contribution in [2.75, 3.05) is 36.9 Å². The summed E-state index contributed by atoms with van der Waals surface area (Å²) in [5.74, 6) is 0.144. The van der Waals surface area contributed by atoms with Crippen LogP contribution in [0.4, 0.5) is 10.8 Å². The lowest BCUT2D eigenvalue weighted by Gasteiger charge is -2.39.